The lowest BCUT2D eigenvalue weighted by Gasteiger charge is -2.07. The summed E-state index contributed by atoms with van der Waals surface area (Å²) in [5, 5.41) is 35.4. The maximum absolute atomic E-state index is 11.8. The van der Waals surface area contributed by atoms with E-state index in [0.29, 0.717) is 0 Å². The Hall–Kier alpha value is -4.22. The number of hydrogen-bond donors (Lipinski definition) is 2. The van der Waals surface area contributed by atoms with Gasteiger partial charge in [0.15, 0.2) is 18.1 Å². The summed E-state index contributed by atoms with van der Waals surface area (Å²) >= 11 is 0. The molecule has 1 amide bonds. The zero-order valence-electron chi connectivity index (χ0n) is 15.1. The lowest BCUT2D eigenvalue weighted by molar-refractivity contribution is -0.386. The summed E-state index contributed by atoms with van der Waals surface area (Å²) < 4.78 is 10.2. The fraction of sp³-hybridized carbons (Fsp3) is 0.176. The van der Waals surface area contributed by atoms with Crippen LogP contribution in [-0.2, 0) is 4.79 Å². The van der Waals surface area contributed by atoms with Crippen molar-refractivity contribution >= 4 is 23.5 Å². The predicted molar refractivity (Wildman–Crippen MR) is 100 cm³/mol. The van der Waals surface area contributed by atoms with Gasteiger partial charge in [-0.05, 0) is 19.1 Å². The second-order valence-corrected chi connectivity index (χ2v) is 5.38. The molecule has 2 N–H and O–H groups in total. The topological polar surface area (TPSA) is 166 Å². The van der Waals surface area contributed by atoms with Crippen molar-refractivity contribution in [3.8, 4) is 17.2 Å². The molecule has 0 saturated carbocycles. The van der Waals surface area contributed by atoms with Crippen molar-refractivity contribution in [1.29, 1.82) is 0 Å². The predicted octanol–water partition coefficient (Wildman–Crippen LogP) is 2.14. The van der Waals surface area contributed by atoms with Gasteiger partial charge in [-0.25, -0.2) is 5.43 Å². The van der Waals surface area contributed by atoms with Gasteiger partial charge in [0, 0.05) is 17.7 Å². The highest BCUT2D eigenvalue weighted by Crippen LogP contribution is 2.36. The molecule has 0 aliphatic heterocycles. The van der Waals surface area contributed by atoms with Crippen LogP contribution in [0.1, 0.15) is 12.5 Å². The number of nitrogens with one attached hydrogen (secondary N) is 1. The highest BCUT2D eigenvalue weighted by molar-refractivity contribution is 5.85. The van der Waals surface area contributed by atoms with Crippen LogP contribution in [-0.4, -0.2) is 40.3 Å². The smallest absolute Gasteiger partial charge is 0.315 e. The summed E-state index contributed by atoms with van der Waals surface area (Å²) in [5.41, 5.74) is 1.45. The molecule has 0 bridgehead atoms. The SMILES string of the molecule is CCOc1cc(/C=N\NC(=O)COc2ccccc2[N+](=O)[O-])cc([N+](=O)[O-])c1O. The molecule has 2 rings (SSSR count). The first-order valence-electron chi connectivity index (χ1n) is 8.15. The maximum Gasteiger partial charge on any atom is 0.315 e. The number of hydrogen-bond acceptors (Lipinski definition) is 9. The number of rotatable bonds is 9. The van der Waals surface area contributed by atoms with Crippen LogP contribution in [0.15, 0.2) is 41.5 Å². The molecule has 12 heteroatoms. The number of nitrogens with zero attached hydrogens (tertiary/aromatic N) is 3. The third-order valence-corrected chi connectivity index (χ3v) is 3.40. The number of hydrazone groups is 1. The summed E-state index contributed by atoms with van der Waals surface area (Å²) in [5.74, 6) is -1.50. The monoisotopic (exact) mass is 404 g/mol. The molecule has 0 aliphatic carbocycles. The molecule has 0 aliphatic rings. The molecule has 0 fully saturated rings. The fourth-order valence-electron chi connectivity index (χ4n) is 2.18. The van der Waals surface area contributed by atoms with Gasteiger partial charge in [-0.2, -0.15) is 5.10 Å². The van der Waals surface area contributed by atoms with Crippen molar-refractivity contribution in [2.75, 3.05) is 13.2 Å². The number of phenolic OH excluding ortho intramolecular Hbond substituents is 1. The zero-order chi connectivity index (χ0) is 21.4. The average Bonchev–Trinajstić information content (AvgIpc) is 2.68. The van der Waals surface area contributed by atoms with Crippen LogP contribution in [0.2, 0.25) is 0 Å². The van der Waals surface area contributed by atoms with Crippen LogP contribution in [0.25, 0.3) is 0 Å². The van der Waals surface area contributed by atoms with Gasteiger partial charge in [0.25, 0.3) is 5.91 Å². The van der Waals surface area contributed by atoms with E-state index in [1.54, 1.807) is 6.92 Å². The third-order valence-electron chi connectivity index (χ3n) is 3.40. The number of carbonyl (C=O) groups is 1. The second kappa shape index (κ2) is 9.64. The largest absolute Gasteiger partial charge is 0.500 e. The summed E-state index contributed by atoms with van der Waals surface area (Å²) in [6, 6.07) is 7.93. The number of aromatic hydroxyl groups is 1. The fourth-order valence-corrected chi connectivity index (χ4v) is 2.18. The minimum absolute atomic E-state index is 0.0767. The minimum atomic E-state index is -0.783. The standard InChI is InChI=1S/C17H16N4O8/c1-2-28-15-8-11(7-13(17(15)23)21(26)27)9-18-19-16(22)10-29-14-6-4-3-5-12(14)20(24)25/h3-9,23H,2,10H2,1H3,(H,19,22)/b18-9-. The molecule has 0 saturated heterocycles. The lowest BCUT2D eigenvalue weighted by Crippen LogP contribution is -2.24. The Morgan fingerprint density at radius 1 is 1.14 bits per heavy atom. The molecular formula is C17H16N4O8. The van der Waals surface area contributed by atoms with Gasteiger partial charge >= 0.3 is 11.4 Å². The lowest BCUT2D eigenvalue weighted by atomic mass is 10.2. The third kappa shape index (κ3) is 5.63. The quantitative estimate of drug-likeness (QED) is 0.364. The van der Waals surface area contributed by atoms with Crippen LogP contribution in [0, 0.1) is 20.2 Å². The first kappa shape index (κ1) is 21.1. The summed E-state index contributed by atoms with van der Waals surface area (Å²) in [7, 11) is 0. The van der Waals surface area contributed by atoms with Gasteiger partial charge in [-0.3, -0.25) is 25.0 Å². The summed E-state index contributed by atoms with van der Waals surface area (Å²) in [6.45, 7) is 1.27. The number of ether oxygens (including phenoxy) is 2. The molecule has 0 radical (unpaired) electrons. The zero-order valence-corrected chi connectivity index (χ0v) is 15.1. The molecule has 0 atom stereocenters. The molecule has 0 unspecified atom stereocenters. The number of phenols is 1. The normalized spacial score (nSPS) is 10.5. The molecule has 0 heterocycles. The molecule has 2 aromatic carbocycles. The van der Waals surface area contributed by atoms with Crippen molar-refractivity contribution in [3.63, 3.8) is 0 Å². The Labute approximate surface area is 163 Å². The number of nitro groups is 2. The van der Waals surface area contributed by atoms with E-state index < -0.39 is 33.8 Å². The van der Waals surface area contributed by atoms with Gasteiger partial charge in [-0.1, -0.05) is 12.1 Å². The Bertz CT molecular complexity index is 960. The van der Waals surface area contributed by atoms with E-state index in [2.05, 4.69) is 10.5 Å². The summed E-state index contributed by atoms with van der Waals surface area (Å²) in [6.07, 6.45) is 1.11. The molecule has 0 aromatic heterocycles. The Balaban J connectivity index is 2.03. The minimum Gasteiger partial charge on any atom is -0.500 e. The maximum atomic E-state index is 11.8. The van der Waals surface area contributed by atoms with Gasteiger partial charge in [0.05, 0.1) is 22.7 Å². The van der Waals surface area contributed by atoms with Crippen LogP contribution in [0.5, 0.6) is 17.2 Å². The molecular weight excluding hydrogens is 388 g/mol. The van der Waals surface area contributed by atoms with Crippen molar-refractivity contribution in [1.82, 2.24) is 5.43 Å². The van der Waals surface area contributed by atoms with Crippen molar-refractivity contribution in [2.45, 2.75) is 6.92 Å². The molecule has 29 heavy (non-hydrogen) atoms. The van der Waals surface area contributed by atoms with Crippen LogP contribution in [0.4, 0.5) is 11.4 Å². The van der Waals surface area contributed by atoms with Gasteiger partial charge < -0.3 is 14.6 Å². The van der Waals surface area contributed by atoms with Crippen molar-refractivity contribution in [2.24, 2.45) is 5.10 Å². The number of amides is 1. The highest BCUT2D eigenvalue weighted by atomic mass is 16.6. The van der Waals surface area contributed by atoms with E-state index >= 15 is 0 Å². The molecule has 152 valence electrons. The number of carbonyl (C=O) groups excluding carboxylic acids is 1. The van der Waals surface area contributed by atoms with E-state index in [1.165, 1.54) is 30.3 Å². The molecule has 0 spiro atoms. The van der Waals surface area contributed by atoms with Crippen LogP contribution >= 0.6 is 0 Å². The first-order chi connectivity index (χ1) is 13.8. The van der Waals surface area contributed by atoms with E-state index in [9.17, 15) is 30.1 Å². The van der Waals surface area contributed by atoms with E-state index in [-0.39, 0.29) is 29.4 Å². The van der Waals surface area contributed by atoms with E-state index in [0.717, 1.165) is 12.3 Å². The number of benzene rings is 2. The van der Waals surface area contributed by atoms with Crippen LogP contribution < -0.4 is 14.9 Å². The molecule has 2 aromatic rings. The Morgan fingerprint density at radius 2 is 1.83 bits per heavy atom. The van der Waals surface area contributed by atoms with Crippen molar-refractivity contribution < 1.29 is 29.2 Å². The van der Waals surface area contributed by atoms with Crippen LogP contribution in [0.3, 0.4) is 0 Å². The van der Waals surface area contributed by atoms with E-state index in [4.69, 9.17) is 9.47 Å². The average molecular weight is 404 g/mol. The Morgan fingerprint density at radius 3 is 2.48 bits per heavy atom. The van der Waals surface area contributed by atoms with Gasteiger partial charge in [0.2, 0.25) is 5.75 Å². The Kier molecular flexibility index (Phi) is 7.01. The highest BCUT2D eigenvalue weighted by Gasteiger charge is 2.20. The first-order valence-corrected chi connectivity index (χ1v) is 8.15. The number of nitro benzene ring substituents is 2. The molecule has 12 nitrogen and oxygen atoms in total. The second-order valence-electron chi connectivity index (χ2n) is 5.38. The summed E-state index contributed by atoms with van der Waals surface area (Å²) in [4.78, 5) is 32.3. The van der Waals surface area contributed by atoms with Gasteiger partial charge in [-0.15, -0.1) is 0 Å². The van der Waals surface area contributed by atoms with Crippen molar-refractivity contribution in [3.05, 3.63) is 62.2 Å². The van der Waals surface area contributed by atoms with Gasteiger partial charge in [0.1, 0.15) is 0 Å². The number of para-hydroxylation sites is 2. The van der Waals surface area contributed by atoms with E-state index in [1.807, 2.05) is 0 Å².